The molecule has 138 valence electrons. The molecule has 0 spiro atoms. The maximum atomic E-state index is 13.5. The van der Waals surface area contributed by atoms with Gasteiger partial charge in [0, 0.05) is 32.7 Å². The van der Waals surface area contributed by atoms with Crippen molar-refractivity contribution >= 4 is 6.08 Å². The molecule has 2 nitrogen and oxygen atoms in total. The van der Waals surface area contributed by atoms with Crippen LogP contribution in [0.1, 0.15) is 11.1 Å². The van der Waals surface area contributed by atoms with Crippen LogP contribution >= 0.6 is 0 Å². The largest absolute Gasteiger partial charge is 0.407 e. The molecule has 2 aromatic carbocycles. The van der Waals surface area contributed by atoms with E-state index in [1.807, 2.05) is 60.7 Å². The highest BCUT2D eigenvalue weighted by molar-refractivity contribution is 5.49. The van der Waals surface area contributed by atoms with Crippen molar-refractivity contribution in [1.29, 1.82) is 0 Å². The molecule has 1 heterocycles. The molecule has 0 radical (unpaired) electrons. The molecule has 0 N–H and O–H groups in total. The Balaban J connectivity index is 1.61. The number of nitrogens with zero attached hydrogens (tertiary/aromatic N) is 2. The van der Waals surface area contributed by atoms with Crippen LogP contribution in [-0.4, -0.2) is 48.2 Å². The fourth-order valence-corrected chi connectivity index (χ4v) is 3.25. The van der Waals surface area contributed by atoms with E-state index in [-0.39, 0.29) is 0 Å². The Morgan fingerprint density at radius 3 is 2.00 bits per heavy atom. The van der Waals surface area contributed by atoms with E-state index >= 15 is 0 Å². The van der Waals surface area contributed by atoms with E-state index in [1.54, 1.807) is 6.08 Å². The van der Waals surface area contributed by atoms with E-state index in [4.69, 9.17) is 0 Å². The predicted molar refractivity (Wildman–Crippen MR) is 98.6 cm³/mol. The summed E-state index contributed by atoms with van der Waals surface area (Å²) in [5.41, 5.74) is 1.97. The lowest BCUT2D eigenvalue weighted by molar-refractivity contribution is -0.173. The number of hydrogen-bond donors (Lipinski definition) is 0. The minimum atomic E-state index is -4.27. The molecule has 0 aliphatic carbocycles. The normalized spacial score (nSPS) is 18.3. The highest BCUT2D eigenvalue weighted by atomic mass is 19.4. The van der Waals surface area contributed by atoms with Crippen LogP contribution in [0, 0.1) is 0 Å². The second-order valence-corrected chi connectivity index (χ2v) is 6.55. The van der Waals surface area contributed by atoms with Crippen LogP contribution in [-0.2, 0) is 6.54 Å². The van der Waals surface area contributed by atoms with Crippen molar-refractivity contribution in [2.45, 2.75) is 18.8 Å². The highest BCUT2D eigenvalue weighted by Gasteiger charge is 2.42. The Kier molecular flexibility index (Phi) is 6.12. The van der Waals surface area contributed by atoms with Crippen LogP contribution < -0.4 is 0 Å². The first-order valence-corrected chi connectivity index (χ1v) is 8.83. The summed E-state index contributed by atoms with van der Waals surface area (Å²) in [6.45, 7) is 2.89. The lowest BCUT2D eigenvalue weighted by Crippen LogP contribution is -2.53. The number of benzene rings is 2. The SMILES string of the molecule is FC(F)(F)C(/C=C/c1ccccc1)N1CCN(Cc2ccccc2)CC1. The summed E-state index contributed by atoms with van der Waals surface area (Å²) in [6, 6.07) is 17.6. The maximum absolute atomic E-state index is 13.5. The standard InChI is InChI=1S/C21H23F3N2/c22-21(23,24)20(12-11-18-7-3-1-4-8-18)26-15-13-25(14-16-26)17-19-9-5-2-6-10-19/h1-12,20H,13-17H2/b12-11+. The van der Waals surface area contributed by atoms with E-state index in [0.717, 1.165) is 12.1 Å². The van der Waals surface area contributed by atoms with Gasteiger partial charge in [0.05, 0.1) is 0 Å². The van der Waals surface area contributed by atoms with Crippen molar-refractivity contribution < 1.29 is 13.2 Å². The van der Waals surface area contributed by atoms with Crippen LogP contribution in [0.15, 0.2) is 66.7 Å². The second-order valence-electron chi connectivity index (χ2n) is 6.55. The summed E-state index contributed by atoms with van der Waals surface area (Å²) in [5, 5.41) is 0. The Bertz CT molecular complexity index is 690. The van der Waals surface area contributed by atoms with E-state index in [2.05, 4.69) is 4.90 Å². The fourth-order valence-electron chi connectivity index (χ4n) is 3.25. The van der Waals surface area contributed by atoms with Gasteiger partial charge in [0.15, 0.2) is 0 Å². The smallest absolute Gasteiger partial charge is 0.297 e. The third-order valence-electron chi connectivity index (χ3n) is 4.66. The van der Waals surface area contributed by atoms with Crippen LogP contribution in [0.2, 0.25) is 0 Å². The van der Waals surface area contributed by atoms with E-state index in [1.165, 1.54) is 16.5 Å². The topological polar surface area (TPSA) is 6.48 Å². The van der Waals surface area contributed by atoms with Crippen molar-refractivity contribution in [1.82, 2.24) is 9.80 Å². The zero-order valence-electron chi connectivity index (χ0n) is 14.6. The molecule has 1 atom stereocenters. The Morgan fingerprint density at radius 1 is 0.846 bits per heavy atom. The molecule has 3 rings (SSSR count). The molecule has 1 saturated heterocycles. The average molecular weight is 360 g/mol. The van der Waals surface area contributed by atoms with Gasteiger partial charge in [-0.15, -0.1) is 0 Å². The van der Waals surface area contributed by atoms with Gasteiger partial charge >= 0.3 is 6.18 Å². The van der Waals surface area contributed by atoms with E-state index in [0.29, 0.717) is 26.2 Å². The molecule has 2 aromatic rings. The van der Waals surface area contributed by atoms with Crippen molar-refractivity contribution in [3.8, 4) is 0 Å². The van der Waals surface area contributed by atoms with E-state index in [9.17, 15) is 13.2 Å². The molecule has 1 unspecified atom stereocenters. The van der Waals surface area contributed by atoms with Gasteiger partial charge in [0.25, 0.3) is 0 Å². The van der Waals surface area contributed by atoms with E-state index < -0.39 is 12.2 Å². The molecule has 0 bridgehead atoms. The van der Waals surface area contributed by atoms with Gasteiger partial charge < -0.3 is 0 Å². The van der Waals surface area contributed by atoms with Crippen molar-refractivity contribution in [3.63, 3.8) is 0 Å². The number of piperazine rings is 1. The van der Waals surface area contributed by atoms with Gasteiger partial charge in [-0.1, -0.05) is 72.8 Å². The number of hydrogen-bond acceptors (Lipinski definition) is 2. The number of rotatable bonds is 5. The Morgan fingerprint density at radius 2 is 1.42 bits per heavy atom. The van der Waals surface area contributed by atoms with Crippen molar-refractivity contribution in [3.05, 3.63) is 77.9 Å². The quantitative estimate of drug-likeness (QED) is 0.777. The summed E-state index contributed by atoms with van der Waals surface area (Å²) in [4.78, 5) is 3.74. The average Bonchev–Trinajstić information content (AvgIpc) is 2.64. The second kappa shape index (κ2) is 8.52. The third-order valence-corrected chi connectivity index (χ3v) is 4.66. The predicted octanol–water partition coefficient (Wildman–Crippen LogP) is 4.45. The first kappa shape index (κ1) is 18.7. The molecular weight excluding hydrogens is 337 g/mol. The minimum absolute atomic E-state index is 0.413. The van der Waals surface area contributed by atoms with Crippen LogP contribution in [0.4, 0.5) is 13.2 Å². The van der Waals surface area contributed by atoms with Crippen LogP contribution in [0.3, 0.4) is 0 Å². The van der Waals surface area contributed by atoms with Crippen molar-refractivity contribution in [2.24, 2.45) is 0 Å². The number of alkyl halides is 3. The Hall–Kier alpha value is -2.11. The molecule has 0 aromatic heterocycles. The molecular formula is C21H23F3N2. The van der Waals surface area contributed by atoms with Gasteiger partial charge in [-0.25, -0.2) is 0 Å². The van der Waals surface area contributed by atoms with Gasteiger partial charge in [0.1, 0.15) is 6.04 Å². The molecule has 0 saturated carbocycles. The maximum Gasteiger partial charge on any atom is 0.407 e. The summed E-state index contributed by atoms with van der Waals surface area (Å²) in [6.07, 6.45) is -1.43. The monoisotopic (exact) mass is 360 g/mol. The highest BCUT2D eigenvalue weighted by Crippen LogP contribution is 2.27. The van der Waals surface area contributed by atoms with Gasteiger partial charge in [-0.2, -0.15) is 13.2 Å². The third kappa shape index (κ3) is 5.19. The van der Waals surface area contributed by atoms with Crippen LogP contribution in [0.25, 0.3) is 6.08 Å². The Labute approximate surface area is 152 Å². The lowest BCUT2D eigenvalue weighted by Gasteiger charge is -2.38. The molecule has 26 heavy (non-hydrogen) atoms. The zero-order valence-corrected chi connectivity index (χ0v) is 14.6. The summed E-state index contributed by atoms with van der Waals surface area (Å²) in [7, 11) is 0. The lowest BCUT2D eigenvalue weighted by atomic mass is 10.1. The molecule has 1 aliphatic heterocycles. The summed E-state index contributed by atoms with van der Waals surface area (Å²) < 4.78 is 40.6. The first-order chi connectivity index (χ1) is 12.5. The van der Waals surface area contributed by atoms with Gasteiger partial charge in [0.2, 0.25) is 0 Å². The minimum Gasteiger partial charge on any atom is -0.297 e. The molecule has 0 amide bonds. The summed E-state index contributed by atoms with van der Waals surface area (Å²) in [5.74, 6) is 0. The zero-order chi connectivity index (χ0) is 18.4. The first-order valence-electron chi connectivity index (χ1n) is 8.83. The van der Waals surface area contributed by atoms with Gasteiger partial charge in [-0.3, -0.25) is 9.80 Å². The van der Waals surface area contributed by atoms with Crippen molar-refractivity contribution in [2.75, 3.05) is 26.2 Å². The molecule has 1 fully saturated rings. The molecule has 5 heteroatoms. The van der Waals surface area contributed by atoms with Gasteiger partial charge in [-0.05, 0) is 11.1 Å². The number of halogens is 3. The fraction of sp³-hybridized carbons (Fsp3) is 0.333. The summed E-state index contributed by atoms with van der Waals surface area (Å²) >= 11 is 0. The molecule has 1 aliphatic rings. The van der Waals surface area contributed by atoms with Crippen LogP contribution in [0.5, 0.6) is 0 Å².